The van der Waals surface area contributed by atoms with Crippen LogP contribution in [0.4, 0.5) is 0 Å². The Labute approximate surface area is 97.4 Å². The smallest absolute Gasteiger partial charge is 0.00314 e. The van der Waals surface area contributed by atoms with Crippen molar-refractivity contribution in [1.82, 2.24) is 4.90 Å². The molecule has 0 saturated carbocycles. The van der Waals surface area contributed by atoms with Crippen LogP contribution < -0.4 is 0 Å². The van der Waals surface area contributed by atoms with Crippen LogP contribution in [0.25, 0.3) is 0 Å². The fourth-order valence-corrected chi connectivity index (χ4v) is 2.57. The molecule has 0 aromatic carbocycles. The first-order valence-corrected chi connectivity index (χ1v) is 7.27. The summed E-state index contributed by atoms with van der Waals surface area (Å²) in [5.74, 6) is 1.02. The molecule has 0 aromatic rings. The number of rotatable bonds is 6. The van der Waals surface area contributed by atoms with Crippen molar-refractivity contribution >= 4 is 15.9 Å². The van der Waals surface area contributed by atoms with Gasteiger partial charge in [0.05, 0.1) is 0 Å². The van der Waals surface area contributed by atoms with E-state index in [1.165, 1.54) is 63.5 Å². The molecule has 1 aliphatic rings. The number of halogens is 1. The molecule has 1 aliphatic heterocycles. The summed E-state index contributed by atoms with van der Waals surface area (Å²) >= 11 is 3.51. The molecule has 1 fully saturated rings. The minimum absolute atomic E-state index is 1.02. The van der Waals surface area contributed by atoms with E-state index in [2.05, 4.69) is 27.8 Å². The fraction of sp³-hybridized carbons (Fsp3) is 1.00. The zero-order valence-electron chi connectivity index (χ0n) is 9.47. The number of likely N-dealkylation sites (tertiary alicyclic amines) is 1. The van der Waals surface area contributed by atoms with Gasteiger partial charge in [-0.25, -0.2) is 0 Å². The number of piperidine rings is 1. The van der Waals surface area contributed by atoms with Crippen molar-refractivity contribution in [3.8, 4) is 0 Å². The van der Waals surface area contributed by atoms with Crippen molar-refractivity contribution in [3.05, 3.63) is 0 Å². The molecule has 0 N–H and O–H groups in total. The predicted octanol–water partition coefficient (Wildman–Crippen LogP) is 3.67. The zero-order chi connectivity index (χ0) is 10.2. The first-order valence-electron chi connectivity index (χ1n) is 6.15. The summed E-state index contributed by atoms with van der Waals surface area (Å²) in [6.07, 6.45) is 8.40. The highest BCUT2D eigenvalue weighted by Crippen LogP contribution is 2.22. The second kappa shape index (κ2) is 7.70. The van der Waals surface area contributed by atoms with Crippen LogP contribution >= 0.6 is 15.9 Å². The van der Waals surface area contributed by atoms with E-state index in [1.807, 2.05) is 0 Å². The number of hydrogen-bond acceptors (Lipinski definition) is 1. The minimum atomic E-state index is 1.02. The monoisotopic (exact) mass is 261 g/mol. The normalized spacial score (nSPS) is 20.1. The Morgan fingerprint density at radius 1 is 1.21 bits per heavy atom. The summed E-state index contributed by atoms with van der Waals surface area (Å²) in [6.45, 7) is 6.32. The third kappa shape index (κ3) is 4.79. The van der Waals surface area contributed by atoms with Gasteiger partial charge in [0.15, 0.2) is 0 Å². The molecular formula is C12H24BrN. The molecule has 0 bridgehead atoms. The molecule has 1 nitrogen and oxygen atoms in total. The van der Waals surface area contributed by atoms with E-state index in [9.17, 15) is 0 Å². The van der Waals surface area contributed by atoms with E-state index in [4.69, 9.17) is 0 Å². The molecule has 0 unspecified atom stereocenters. The molecule has 0 atom stereocenters. The Balaban J connectivity index is 2.05. The van der Waals surface area contributed by atoms with E-state index < -0.39 is 0 Å². The van der Waals surface area contributed by atoms with Gasteiger partial charge < -0.3 is 4.90 Å². The van der Waals surface area contributed by atoms with Gasteiger partial charge in [-0.05, 0) is 57.7 Å². The SMILES string of the molecule is CCCCN1CCC(CCCBr)CC1. The maximum absolute atomic E-state index is 3.51. The quantitative estimate of drug-likeness (QED) is 0.660. The molecule has 2 heteroatoms. The number of unbranched alkanes of at least 4 members (excludes halogenated alkanes) is 1. The van der Waals surface area contributed by atoms with Crippen molar-refractivity contribution in [1.29, 1.82) is 0 Å². The van der Waals surface area contributed by atoms with E-state index >= 15 is 0 Å². The zero-order valence-corrected chi connectivity index (χ0v) is 11.1. The molecule has 1 heterocycles. The second-order valence-electron chi connectivity index (χ2n) is 4.47. The standard InChI is InChI=1S/C12H24BrN/c1-2-3-9-14-10-6-12(7-11-14)5-4-8-13/h12H,2-11H2,1H3. The van der Waals surface area contributed by atoms with Gasteiger partial charge in [0, 0.05) is 5.33 Å². The van der Waals surface area contributed by atoms with Gasteiger partial charge in [0.1, 0.15) is 0 Å². The van der Waals surface area contributed by atoms with E-state index in [0.717, 1.165) is 5.92 Å². The Morgan fingerprint density at radius 2 is 1.93 bits per heavy atom. The van der Waals surface area contributed by atoms with Crippen molar-refractivity contribution in [3.63, 3.8) is 0 Å². The first-order chi connectivity index (χ1) is 6.86. The van der Waals surface area contributed by atoms with Crippen LogP contribution in [-0.2, 0) is 0 Å². The van der Waals surface area contributed by atoms with Crippen LogP contribution in [0.3, 0.4) is 0 Å². The van der Waals surface area contributed by atoms with Crippen molar-refractivity contribution < 1.29 is 0 Å². The fourth-order valence-electron chi connectivity index (χ4n) is 2.25. The highest BCUT2D eigenvalue weighted by Gasteiger charge is 2.17. The summed E-state index contributed by atoms with van der Waals surface area (Å²) in [4.78, 5) is 2.65. The van der Waals surface area contributed by atoms with Gasteiger partial charge in [-0.2, -0.15) is 0 Å². The van der Waals surface area contributed by atoms with Crippen LogP contribution in [-0.4, -0.2) is 29.9 Å². The summed E-state index contributed by atoms with van der Waals surface area (Å²) in [7, 11) is 0. The van der Waals surface area contributed by atoms with E-state index in [1.54, 1.807) is 0 Å². The number of nitrogens with zero attached hydrogens (tertiary/aromatic N) is 1. The molecule has 0 amide bonds. The lowest BCUT2D eigenvalue weighted by molar-refractivity contribution is 0.177. The lowest BCUT2D eigenvalue weighted by atomic mass is 9.92. The van der Waals surface area contributed by atoms with Crippen molar-refractivity contribution in [2.24, 2.45) is 5.92 Å². The number of alkyl halides is 1. The molecule has 84 valence electrons. The Bertz CT molecular complexity index is 114. The summed E-state index contributed by atoms with van der Waals surface area (Å²) in [5, 5.41) is 1.18. The maximum atomic E-state index is 3.51. The van der Waals surface area contributed by atoms with Crippen LogP contribution in [0.1, 0.15) is 45.4 Å². The Morgan fingerprint density at radius 3 is 2.50 bits per heavy atom. The van der Waals surface area contributed by atoms with Gasteiger partial charge in [-0.15, -0.1) is 0 Å². The Kier molecular flexibility index (Phi) is 6.88. The molecule has 1 saturated heterocycles. The molecule has 1 rings (SSSR count). The molecule has 0 aliphatic carbocycles. The van der Waals surface area contributed by atoms with E-state index in [-0.39, 0.29) is 0 Å². The van der Waals surface area contributed by atoms with Crippen LogP contribution in [0.2, 0.25) is 0 Å². The number of hydrogen-bond donors (Lipinski definition) is 0. The van der Waals surface area contributed by atoms with Gasteiger partial charge in [0.2, 0.25) is 0 Å². The third-order valence-electron chi connectivity index (χ3n) is 3.28. The van der Waals surface area contributed by atoms with Gasteiger partial charge in [-0.3, -0.25) is 0 Å². The average molecular weight is 262 g/mol. The van der Waals surface area contributed by atoms with Crippen LogP contribution in [0.15, 0.2) is 0 Å². The predicted molar refractivity (Wildman–Crippen MR) is 67.1 cm³/mol. The highest BCUT2D eigenvalue weighted by atomic mass is 79.9. The van der Waals surface area contributed by atoms with Crippen molar-refractivity contribution in [2.75, 3.05) is 25.0 Å². The van der Waals surface area contributed by atoms with E-state index in [0.29, 0.717) is 0 Å². The lowest BCUT2D eigenvalue weighted by Crippen LogP contribution is -2.34. The first kappa shape index (κ1) is 12.5. The molecule has 0 aromatic heterocycles. The van der Waals surface area contributed by atoms with Crippen molar-refractivity contribution in [2.45, 2.75) is 45.4 Å². The largest absolute Gasteiger partial charge is 0.303 e. The second-order valence-corrected chi connectivity index (χ2v) is 5.26. The maximum Gasteiger partial charge on any atom is 0.00314 e. The van der Waals surface area contributed by atoms with Gasteiger partial charge in [-0.1, -0.05) is 29.3 Å². The summed E-state index contributed by atoms with van der Waals surface area (Å²) < 4.78 is 0. The molecule has 14 heavy (non-hydrogen) atoms. The summed E-state index contributed by atoms with van der Waals surface area (Å²) in [5.41, 5.74) is 0. The summed E-state index contributed by atoms with van der Waals surface area (Å²) in [6, 6.07) is 0. The molecule has 0 radical (unpaired) electrons. The average Bonchev–Trinajstić information content (AvgIpc) is 2.25. The van der Waals surface area contributed by atoms with Gasteiger partial charge >= 0.3 is 0 Å². The van der Waals surface area contributed by atoms with Crippen LogP contribution in [0.5, 0.6) is 0 Å². The third-order valence-corrected chi connectivity index (χ3v) is 3.84. The van der Waals surface area contributed by atoms with Gasteiger partial charge in [0.25, 0.3) is 0 Å². The molecule has 0 spiro atoms. The van der Waals surface area contributed by atoms with Crippen LogP contribution in [0, 0.1) is 5.92 Å². The lowest BCUT2D eigenvalue weighted by Gasteiger charge is -2.31. The molecular weight excluding hydrogens is 238 g/mol. The Hall–Kier alpha value is 0.440. The highest BCUT2D eigenvalue weighted by molar-refractivity contribution is 9.09. The minimum Gasteiger partial charge on any atom is -0.303 e. The topological polar surface area (TPSA) is 3.24 Å².